The van der Waals surface area contributed by atoms with Gasteiger partial charge in [-0.15, -0.1) is 0 Å². The van der Waals surface area contributed by atoms with E-state index in [9.17, 15) is 0 Å². The van der Waals surface area contributed by atoms with Crippen LogP contribution in [0.2, 0.25) is 0 Å². The van der Waals surface area contributed by atoms with Gasteiger partial charge >= 0.3 is 0 Å². The molecule has 2 radical (unpaired) electrons. The first kappa shape index (κ1) is 8.31. The van der Waals surface area contributed by atoms with Crippen molar-refractivity contribution in [2.45, 2.75) is 6.92 Å². The molecule has 3 N–H and O–H groups in total. The Morgan fingerprint density at radius 3 is 2.79 bits per heavy atom. The van der Waals surface area contributed by atoms with Crippen molar-refractivity contribution >= 4 is 22.8 Å². The zero-order valence-corrected chi connectivity index (χ0v) is 7.34. The van der Waals surface area contributed by atoms with Crippen molar-refractivity contribution in [3.8, 4) is 11.8 Å². The van der Waals surface area contributed by atoms with Crippen LogP contribution >= 0.6 is 0 Å². The topological polar surface area (TPSA) is 102 Å². The maximum atomic E-state index is 7.54. The molecule has 0 atom stereocenters. The number of nitrogens with one attached hydrogen (secondary N) is 3. The summed E-state index contributed by atoms with van der Waals surface area (Å²) in [5.41, 5.74) is 15.6. The average molecular weight is 186 g/mol. The third kappa shape index (κ3) is 1.11. The molecular weight excluding hydrogens is 180 g/mol. The normalized spacial score (nSPS) is 9.79. The molecular formula is C8H6N6. The van der Waals surface area contributed by atoms with Crippen LogP contribution in [-0.4, -0.2) is 20.2 Å². The molecule has 0 bridgehead atoms. The van der Waals surface area contributed by atoms with Gasteiger partial charge in [-0.25, -0.2) is 0 Å². The number of aromatic nitrogens is 4. The van der Waals surface area contributed by atoms with E-state index in [2.05, 4.69) is 32.0 Å². The maximum absolute atomic E-state index is 7.54. The van der Waals surface area contributed by atoms with E-state index in [0.29, 0.717) is 16.7 Å². The van der Waals surface area contributed by atoms with Crippen molar-refractivity contribution in [3.63, 3.8) is 0 Å². The number of hydrogen-bond acceptors (Lipinski definition) is 3. The second-order valence-corrected chi connectivity index (χ2v) is 2.57. The van der Waals surface area contributed by atoms with Crippen LogP contribution in [0.25, 0.3) is 11.0 Å². The van der Waals surface area contributed by atoms with Crippen molar-refractivity contribution in [1.29, 1.82) is 0 Å². The van der Waals surface area contributed by atoms with Gasteiger partial charge in [0, 0.05) is 0 Å². The summed E-state index contributed by atoms with van der Waals surface area (Å²) in [4.78, 5) is 7.40. The smallest absolute Gasteiger partial charge is 0.245 e. The van der Waals surface area contributed by atoms with Crippen molar-refractivity contribution in [1.82, 2.24) is 31.6 Å². The molecule has 2 aromatic rings. The number of fused-ring (bicyclic) bond motifs is 1. The fraction of sp³-hybridized carbons (Fsp3) is 0.125. The Labute approximate surface area is 79.7 Å². The summed E-state index contributed by atoms with van der Waals surface area (Å²) < 4.78 is 0. The molecule has 68 valence electrons. The molecule has 0 saturated heterocycles. The number of H-pyrrole nitrogens is 1. The summed E-state index contributed by atoms with van der Waals surface area (Å²) in [6.07, 6.45) is 0. The molecule has 0 aliphatic rings. The Hall–Kier alpha value is -2.29. The van der Waals surface area contributed by atoms with E-state index < -0.39 is 0 Å². The summed E-state index contributed by atoms with van der Waals surface area (Å²) in [5, 5.41) is 6.96. The van der Waals surface area contributed by atoms with Crippen LogP contribution in [0.3, 0.4) is 0 Å². The minimum absolute atomic E-state index is 0.0218. The van der Waals surface area contributed by atoms with Crippen LogP contribution in [0.5, 0.6) is 0 Å². The molecule has 0 aromatic carbocycles. The second-order valence-electron chi connectivity index (χ2n) is 2.57. The quantitative estimate of drug-likeness (QED) is 0.607. The van der Waals surface area contributed by atoms with Crippen LogP contribution in [0.1, 0.15) is 12.6 Å². The van der Waals surface area contributed by atoms with Gasteiger partial charge < -0.3 is 0 Å². The van der Waals surface area contributed by atoms with E-state index in [1.165, 1.54) is 0 Å². The third-order valence-electron chi connectivity index (χ3n) is 1.66. The maximum Gasteiger partial charge on any atom is 0.245 e. The number of rotatable bonds is 0. The zero-order chi connectivity index (χ0) is 10.1. The van der Waals surface area contributed by atoms with Crippen LogP contribution in [0, 0.1) is 11.8 Å². The van der Waals surface area contributed by atoms with Gasteiger partial charge in [-0.3, -0.25) is 16.6 Å². The summed E-state index contributed by atoms with van der Waals surface area (Å²) in [6.45, 7) is 1.68. The van der Waals surface area contributed by atoms with E-state index in [1.807, 2.05) is 0 Å². The van der Waals surface area contributed by atoms with E-state index >= 15 is 0 Å². The largest absolute Gasteiger partial charge is 0.282 e. The molecule has 0 aliphatic carbocycles. The Kier molecular flexibility index (Phi) is 1.71. The predicted molar refractivity (Wildman–Crippen MR) is 49.7 cm³/mol. The van der Waals surface area contributed by atoms with Crippen molar-refractivity contribution < 1.29 is 0 Å². The first-order valence-corrected chi connectivity index (χ1v) is 3.84. The van der Waals surface area contributed by atoms with Gasteiger partial charge in [0.05, 0.1) is 5.39 Å². The summed E-state index contributed by atoms with van der Waals surface area (Å²) >= 11 is 0. The van der Waals surface area contributed by atoms with Crippen LogP contribution in [0.4, 0.5) is 11.8 Å². The predicted octanol–water partition coefficient (Wildman–Crippen LogP) is 0.553. The van der Waals surface area contributed by atoms with Crippen LogP contribution in [0.15, 0.2) is 0 Å². The molecule has 0 amide bonds. The highest BCUT2D eigenvalue weighted by molar-refractivity contribution is 5.89. The number of hydrogen-bond donors (Lipinski definition) is 1. The number of nitrogens with zero attached hydrogens (tertiary/aromatic N) is 3. The standard InChI is InChI=1S/C8H6N6/c1-2-3-4-5-6(9)11-8(10)12-7(5)14-13-4/h9-10H,1H3,(H,11,12,13,14). The minimum atomic E-state index is -0.192. The van der Waals surface area contributed by atoms with Gasteiger partial charge in [-0.2, -0.15) is 15.1 Å². The van der Waals surface area contributed by atoms with E-state index in [4.69, 9.17) is 11.5 Å². The Bertz CT molecular complexity index is 544. The van der Waals surface area contributed by atoms with Crippen molar-refractivity contribution in [2.24, 2.45) is 0 Å². The minimum Gasteiger partial charge on any atom is -0.282 e. The van der Waals surface area contributed by atoms with Gasteiger partial charge in [0.1, 0.15) is 5.69 Å². The monoisotopic (exact) mass is 186 g/mol. The van der Waals surface area contributed by atoms with Gasteiger partial charge in [-0.1, -0.05) is 5.92 Å². The van der Waals surface area contributed by atoms with E-state index in [0.717, 1.165) is 0 Å². The van der Waals surface area contributed by atoms with Crippen LogP contribution < -0.4 is 11.5 Å². The third-order valence-corrected chi connectivity index (χ3v) is 1.66. The van der Waals surface area contributed by atoms with Crippen LogP contribution in [-0.2, 0) is 0 Å². The first-order valence-electron chi connectivity index (χ1n) is 3.84. The SMILES string of the molecule is CC#Cc1n[nH]c2nc([NH])nc([NH])c12. The lowest BCUT2D eigenvalue weighted by atomic mass is 10.3. The molecule has 0 saturated carbocycles. The fourth-order valence-electron chi connectivity index (χ4n) is 1.14. The van der Waals surface area contributed by atoms with Gasteiger partial charge in [-0.05, 0) is 12.8 Å². The highest BCUT2D eigenvalue weighted by Gasteiger charge is 2.10. The van der Waals surface area contributed by atoms with E-state index in [-0.39, 0.29) is 11.8 Å². The molecule has 6 heteroatoms. The highest BCUT2D eigenvalue weighted by Crippen LogP contribution is 2.20. The lowest BCUT2D eigenvalue weighted by molar-refractivity contribution is 1.07. The lowest BCUT2D eigenvalue weighted by Gasteiger charge is -1.93. The molecule has 14 heavy (non-hydrogen) atoms. The van der Waals surface area contributed by atoms with Gasteiger partial charge in [0.25, 0.3) is 0 Å². The summed E-state index contributed by atoms with van der Waals surface area (Å²) in [6, 6.07) is 0. The van der Waals surface area contributed by atoms with Gasteiger partial charge in [0.2, 0.25) is 5.95 Å². The summed E-state index contributed by atoms with van der Waals surface area (Å²) in [5.74, 6) is 5.21. The first-order chi connectivity index (χ1) is 6.72. The molecule has 6 nitrogen and oxygen atoms in total. The Morgan fingerprint density at radius 1 is 1.29 bits per heavy atom. The Morgan fingerprint density at radius 2 is 2.07 bits per heavy atom. The molecule has 0 aliphatic heterocycles. The Balaban J connectivity index is 2.83. The molecule has 2 aromatic heterocycles. The molecule has 2 rings (SSSR count). The lowest BCUT2D eigenvalue weighted by Crippen LogP contribution is -1.88. The fourth-order valence-corrected chi connectivity index (χ4v) is 1.14. The highest BCUT2D eigenvalue weighted by atomic mass is 15.2. The second kappa shape index (κ2) is 2.88. The summed E-state index contributed by atoms with van der Waals surface area (Å²) in [7, 11) is 0. The average Bonchev–Trinajstić information content (AvgIpc) is 2.49. The molecule has 0 unspecified atom stereocenters. The zero-order valence-electron chi connectivity index (χ0n) is 7.34. The number of aromatic amines is 1. The van der Waals surface area contributed by atoms with Crippen molar-refractivity contribution in [2.75, 3.05) is 0 Å². The van der Waals surface area contributed by atoms with Gasteiger partial charge in [0.15, 0.2) is 11.5 Å². The molecule has 0 spiro atoms. The molecule has 2 heterocycles. The molecule has 0 fully saturated rings. The van der Waals surface area contributed by atoms with E-state index in [1.54, 1.807) is 6.92 Å². The van der Waals surface area contributed by atoms with Crippen molar-refractivity contribution in [3.05, 3.63) is 5.69 Å².